The third-order valence-corrected chi connectivity index (χ3v) is 4.08. The van der Waals surface area contributed by atoms with Gasteiger partial charge in [0.25, 0.3) is 0 Å². The molecule has 1 aromatic carbocycles. The molecule has 2 aromatic heterocycles. The minimum absolute atomic E-state index is 0.0137. The minimum Gasteiger partial charge on any atom is -0.368 e. The normalized spacial score (nSPS) is 11.8. The molecule has 0 aliphatic heterocycles. The van der Waals surface area contributed by atoms with Gasteiger partial charge < -0.3 is 20.5 Å². The van der Waals surface area contributed by atoms with Crippen molar-refractivity contribution in [3.8, 4) is 5.82 Å². The number of aromatic nitrogens is 3. The second kappa shape index (κ2) is 9.16. The molecule has 0 aliphatic rings. The molecule has 32 heavy (non-hydrogen) atoms. The van der Waals surface area contributed by atoms with E-state index in [0.717, 1.165) is 0 Å². The van der Waals surface area contributed by atoms with E-state index in [1.54, 1.807) is 23.0 Å². The zero-order chi connectivity index (χ0) is 23.4. The van der Waals surface area contributed by atoms with Crippen molar-refractivity contribution >= 4 is 17.5 Å². The van der Waals surface area contributed by atoms with Crippen molar-refractivity contribution in [3.63, 3.8) is 0 Å². The van der Waals surface area contributed by atoms with Crippen LogP contribution in [0.3, 0.4) is 0 Å². The lowest BCUT2D eigenvalue weighted by atomic mass is 10.1. The van der Waals surface area contributed by atoms with E-state index in [1.807, 2.05) is 17.4 Å². The molecule has 3 aromatic rings. The maximum atomic E-state index is 12.9. The third-order valence-electron chi connectivity index (χ3n) is 4.08. The molecule has 170 valence electrons. The number of carbonyl (C=O) groups excluding carboxylic acids is 1. The summed E-state index contributed by atoms with van der Waals surface area (Å²) in [5, 5.41) is 7.24. The van der Waals surface area contributed by atoms with E-state index in [4.69, 9.17) is 0 Å². The summed E-state index contributed by atoms with van der Waals surface area (Å²) < 4.78 is 79.1. The van der Waals surface area contributed by atoms with Crippen molar-refractivity contribution in [2.45, 2.75) is 12.4 Å². The van der Waals surface area contributed by atoms with Crippen LogP contribution < -0.4 is 16.0 Å². The topological polar surface area (TPSA) is 83.9 Å². The van der Waals surface area contributed by atoms with Crippen molar-refractivity contribution < 1.29 is 31.1 Å². The largest absolute Gasteiger partial charge is 0.416 e. The number of anilines is 2. The molecule has 0 aliphatic carbocycles. The van der Waals surface area contributed by atoms with Crippen LogP contribution in [0.15, 0.2) is 55.1 Å². The van der Waals surface area contributed by atoms with Crippen LogP contribution in [-0.2, 0) is 12.4 Å². The van der Waals surface area contributed by atoms with Crippen molar-refractivity contribution in [3.05, 3.63) is 66.2 Å². The van der Waals surface area contributed by atoms with E-state index >= 15 is 0 Å². The Kier molecular flexibility index (Phi) is 6.55. The van der Waals surface area contributed by atoms with Gasteiger partial charge in [-0.1, -0.05) is 0 Å². The number of hydrogen-bond acceptors (Lipinski definition) is 4. The molecule has 0 unspecified atom stereocenters. The number of amides is 2. The van der Waals surface area contributed by atoms with Gasteiger partial charge >= 0.3 is 18.4 Å². The predicted octanol–water partition coefficient (Wildman–Crippen LogP) is 4.54. The lowest BCUT2D eigenvalue weighted by Gasteiger charge is -2.15. The molecule has 0 fully saturated rings. The number of benzene rings is 1. The molecule has 0 saturated heterocycles. The summed E-state index contributed by atoms with van der Waals surface area (Å²) >= 11 is 0. The van der Waals surface area contributed by atoms with Crippen LogP contribution in [0.25, 0.3) is 5.82 Å². The number of urea groups is 1. The van der Waals surface area contributed by atoms with Crippen molar-refractivity contribution in [1.82, 2.24) is 19.9 Å². The lowest BCUT2D eigenvalue weighted by molar-refractivity contribution is -0.143. The average molecular weight is 458 g/mol. The highest BCUT2D eigenvalue weighted by Crippen LogP contribution is 2.37. The highest BCUT2D eigenvalue weighted by Gasteiger charge is 2.37. The highest BCUT2D eigenvalue weighted by molar-refractivity contribution is 5.89. The highest BCUT2D eigenvalue weighted by atomic mass is 19.4. The molecule has 0 saturated carbocycles. The Labute approximate surface area is 177 Å². The Morgan fingerprint density at radius 2 is 1.50 bits per heavy atom. The van der Waals surface area contributed by atoms with Gasteiger partial charge in [-0.05, 0) is 30.3 Å². The summed E-state index contributed by atoms with van der Waals surface area (Å²) in [5.41, 5.74) is -3.68. The van der Waals surface area contributed by atoms with Gasteiger partial charge in [0.05, 0.1) is 11.1 Å². The number of carbonyl (C=O) groups is 1. The summed E-state index contributed by atoms with van der Waals surface area (Å²) in [5.74, 6) is 1.06. The van der Waals surface area contributed by atoms with E-state index in [2.05, 4.69) is 20.6 Å². The van der Waals surface area contributed by atoms with Gasteiger partial charge in [-0.15, -0.1) is 0 Å². The van der Waals surface area contributed by atoms with E-state index < -0.39 is 35.2 Å². The number of hydrogen-bond donors (Lipinski definition) is 3. The smallest absolute Gasteiger partial charge is 0.368 e. The monoisotopic (exact) mass is 458 g/mol. The van der Waals surface area contributed by atoms with E-state index in [9.17, 15) is 31.1 Å². The van der Waals surface area contributed by atoms with Gasteiger partial charge in [-0.2, -0.15) is 26.3 Å². The van der Waals surface area contributed by atoms with Crippen LogP contribution in [0, 0.1) is 0 Å². The summed E-state index contributed by atoms with van der Waals surface area (Å²) in [6.45, 7) is 0.200. The van der Waals surface area contributed by atoms with Gasteiger partial charge in [0.1, 0.15) is 18.0 Å². The molecule has 3 rings (SSSR count). The number of nitrogens with zero attached hydrogens (tertiary/aromatic N) is 3. The molecule has 0 atom stereocenters. The number of halogens is 6. The SMILES string of the molecule is O=C(NCCNc1cc(-n2cccc2)ncn1)Nc1cc(C(F)(F)F)cc(C(F)(F)F)c1. The Balaban J connectivity index is 1.56. The number of rotatable bonds is 6. The molecule has 3 N–H and O–H groups in total. The van der Waals surface area contributed by atoms with Gasteiger partial charge in [-0.3, -0.25) is 0 Å². The number of alkyl halides is 6. The van der Waals surface area contributed by atoms with Crippen molar-refractivity contribution in [2.24, 2.45) is 0 Å². The Morgan fingerprint density at radius 1 is 0.875 bits per heavy atom. The summed E-state index contributed by atoms with van der Waals surface area (Å²) in [6.07, 6.45) is -5.10. The molecule has 13 heteroatoms. The summed E-state index contributed by atoms with van der Waals surface area (Å²) in [4.78, 5) is 20.0. The van der Waals surface area contributed by atoms with Crippen LogP contribution in [-0.4, -0.2) is 33.7 Å². The zero-order valence-electron chi connectivity index (χ0n) is 16.1. The minimum atomic E-state index is -5.00. The quantitative estimate of drug-likeness (QED) is 0.374. The second-order valence-electron chi connectivity index (χ2n) is 6.45. The summed E-state index contributed by atoms with van der Waals surface area (Å²) in [7, 11) is 0. The van der Waals surface area contributed by atoms with Crippen LogP contribution in [0.2, 0.25) is 0 Å². The fourth-order valence-electron chi connectivity index (χ4n) is 2.64. The van der Waals surface area contributed by atoms with Crippen LogP contribution in [0.5, 0.6) is 0 Å². The fraction of sp³-hybridized carbons (Fsp3) is 0.211. The Bertz CT molecular complexity index is 1030. The van der Waals surface area contributed by atoms with Crippen LogP contribution >= 0.6 is 0 Å². The summed E-state index contributed by atoms with van der Waals surface area (Å²) in [6, 6.07) is 5.17. The van der Waals surface area contributed by atoms with Gasteiger partial charge in [0.15, 0.2) is 0 Å². The van der Waals surface area contributed by atoms with Crippen LogP contribution in [0.1, 0.15) is 11.1 Å². The Morgan fingerprint density at radius 3 is 2.09 bits per heavy atom. The zero-order valence-corrected chi connectivity index (χ0v) is 16.1. The molecule has 2 heterocycles. The maximum Gasteiger partial charge on any atom is 0.416 e. The first kappa shape index (κ1) is 22.9. The molecule has 0 radical (unpaired) electrons. The van der Waals surface area contributed by atoms with E-state index in [-0.39, 0.29) is 19.2 Å². The molecular formula is C19H16F6N6O. The molecule has 2 amide bonds. The lowest BCUT2D eigenvalue weighted by Crippen LogP contribution is -2.33. The predicted molar refractivity (Wildman–Crippen MR) is 103 cm³/mol. The van der Waals surface area contributed by atoms with Gasteiger partial charge in [-0.25, -0.2) is 14.8 Å². The Hall–Kier alpha value is -3.77. The maximum absolute atomic E-state index is 12.9. The van der Waals surface area contributed by atoms with Crippen molar-refractivity contribution in [2.75, 3.05) is 23.7 Å². The van der Waals surface area contributed by atoms with E-state index in [0.29, 0.717) is 23.8 Å². The standard InChI is InChI=1S/C19H16F6N6O/c20-18(21,22)12-7-13(19(23,24)25)9-14(8-12)30-17(32)27-4-3-26-15-10-16(29-11-28-15)31-5-1-2-6-31/h1-2,5-11H,3-4H2,(H,26,28,29)(H2,27,30,32). The van der Waals surface area contributed by atoms with Crippen LogP contribution in [0.4, 0.5) is 42.6 Å². The third kappa shape index (κ3) is 6.12. The first-order valence-corrected chi connectivity index (χ1v) is 9.06. The molecule has 0 bridgehead atoms. The molecule has 7 nitrogen and oxygen atoms in total. The fourth-order valence-corrected chi connectivity index (χ4v) is 2.64. The average Bonchev–Trinajstić information content (AvgIpc) is 3.25. The van der Waals surface area contributed by atoms with E-state index in [1.165, 1.54) is 6.33 Å². The first-order chi connectivity index (χ1) is 15.0. The van der Waals surface area contributed by atoms with Crippen molar-refractivity contribution in [1.29, 1.82) is 0 Å². The first-order valence-electron chi connectivity index (χ1n) is 9.06. The number of nitrogens with one attached hydrogen (secondary N) is 3. The second-order valence-corrected chi connectivity index (χ2v) is 6.45. The van der Waals surface area contributed by atoms with Gasteiger partial charge in [0, 0.05) is 37.2 Å². The molecule has 0 spiro atoms. The van der Waals surface area contributed by atoms with Gasteiger partial charge in [0.2, 0.25) is 0 Å². The molecular weight excluding hydrogens is 442 g/mol.